The number of imidazole rings is 1. The third-order valence-electron chi connectivity index (χ3n) is 3.57. The molecule has 4 rings (SSSR count). The highest BCUT2D eigenvalue weighted by atomic mass is 15.1. The molecular formula is C17H13N3. The van der Waals surface area contributed by atoms with E-state index < -0.39 is 0 Å². The molecule has 0 unspecified atom stereocenters. The average Bonchev–Trinajstić information content (AvgIpc) is 2.90. The molecule has 0 N–H and O–H groups in total. The number of para-hydroxylation sites is 3. The Balaban J connectivity index is 2.04. The molecule has 3 heteroatoms. The molecule has 3 nitrogen and oxygen atoms in total. The van der Waals surface area contributed by atoms with Crippen molar-refractivity contribution in [2.75, 3.05) is 0 Å². The Hall–Kier alpha value is -2.68. The van der Waals surface area contributed by atoms with E-state index in [4.69, 9.17) is 4.98 Å². The summed E-state index contributed by atoms with van der Waals surface area (Å²) in [7, 11) is 0. The topological polar surface area (TPSA) is 30.7 Å². The first-order chi connectivity index (χ1) is 9.83. The Morgan fingerprint density at radius 3 is 2.55 bits per heavy atom. The number of aryl methyl sites for hydroxylation is 1. The van der Waals surface area contributed by atoms with Gasteiger partial charge >= 0.3 is 0 Å². The van der Waals surface area contributed by atoms with Gasteiger partial charge in [-0.15, -0.1) is 0 Å². The van der Waals surface area contributed by atoms with Gasteiger partial charge in [0.2, 0.25) is 0 Å². The normalized spacial score (nSPS) is 11.2. The fraction of sp³-hybridized carbons (Fsp3) is 0.0588. The lowest BCUT2D eigenvalue weighted by molar-refractivity contribution is 1.02. The van der Waals surface area contributed by atoms with E-state index in [0.29, 0.717) is 0 Å². The molecule has 2 heterocycles. The maximum Gasteiger partial charge on any atom is 0.142 e. The summed E-state index contributed by atoms with van der Waals surface area (Å²) in [6.07, 6.45) is 1.84. The van der Waals surface area contributed by atoms with Gasteiger partial charge in [-0.1, -0.05) is 30.3 Å². The Morgan fingerprint density at radius 2 is 1.65 bits per heavy atom. The number of hydrogen-bond acceptors (Lipinski definition) is 2. The Labute approximate surface area is 116 Å². The Bertz CT molecular complexity index is 922. The van der Waals surface area contributed by atoms with Crippen molar-refractivity contribution >= 4 is 21.9 Å². The van der Waals surface area contributed by atoms with Crippen LogP contribution in [0.1, 0.15) is 5.56 Å². The molecule has 0 saturated heterocycles. The quantitative estimate of drug-likeness (QED) is 0.519. The van der Waals surface area contributed by atoms with Crippen LogP contribution in [-0.4, -0.2) is 14.5 Å². The van der Waals surface area contributed by atoms with Crippen LogP contribution in [0.25, 0.3) is 27.8 Å². The van der Waals surface area contributed by atoms with Crippen LogP contribution in [0.2, 0.25) is 0 Å². The molecule has 0 amide bonds. The van der Waals surface area contributed by atoms with Crippen LogP contribution < -0.4 is 0 Å². The van der Waals surface area contributed by atoms with E-state index in [0.717, 1.165) is 33.3 Å². The van der Waals surface area contributed by atoms with E-state index in [1.54, 1.807) is 0 Å². The molecule has 0 radical (unpaired) electrons. The van der Waals surface area contributed by atoms with Gasteiger partial charge in [0.1, 0.15) is 12.1 Å². The van der Waals surface area contributed by atoms with E-state index in [2.05, 4.69) is 34.7 Å². The third kappa shape index (κ3) is 1.60. The predicted octanol–water partition coefficient (Wildman–Crippen LogP) is 3.88. The van der Waals surface area contributed by atoms with E-state index in [1.807, 2.05) is 42.7 Å². The molecule has 4 aromatic rings. The highest BCUT2D eigenvalue weighted by molar-refractivity contribution is 5.82. The molecule has 2 aromatic carbocycles. The summed E-state index contributed by atoms with van der Waals surface area (Å²) in [5.74, 6) is 0.942. The Kier molecular flexibility index (Phi) is 2.33. The van der Waals surface area contributed by atoms with Crippen molar-refractivity contribution in [1.29, 1.82) is 0 Å². The van der Waals surface area contributed by atoms with Gasteiger partial charge < -0.3 is 0 Å². The summed E-state index contributed by atoms with van der Waals surface area (Å²) in [6, 6.07) is 18.5. The van der Waals surface area contributed by atoms with Gasteiger partial charge in [0.05, 0.1) is 16.6 Å². The zero-order chi connectivity index (χ0) is 13.5. The van der Waals surface area contributed by atoms with Crippen molar-refractivity contribution in [3.63, 3.8) is 0 Å². The first kappa shape index (κ1) is 11.2. The minimum Gasteiger partial charge on any atom is -0.283 e. The highest BCUT2D eigenvalue weighted by Gasteiger charge is 2.09. The zero-order valence-electron chi connectivity index (χ0n) is 11.1. The average molecular weight is 259 g/mol. The first-order valence-corrected chi connectivity index (χ1v) is 6.62. The van der Waals surface area contributed by atoms with Gasteiger partial charge in [0.15, 0.2) is 0 Å². The molecule has 96 valence electrons. The SMILES string of the molecule is Cc1cc2ccccc2nc1-n1cnc2ccccc21. The van der Waals surface area contributed by atoms with E-state index >= 15 is 0 Å². The van der Waals surface area contributed by atoms with Crippen LogP contribution >= 0.6 is 0 Å². The number of nitrogens with zero attached hydrogens (tertiary/aromatic N) is 3. The molecule has 0 atom stereocenters. The van der Waals surface area contributed by atoms with Gasteiger partial charge in [0.25, 0.3) is 0 Å². The van der Waals surface area contributed by atoms with Crippen LogP contribution in [0.3, 0.4) is 0 Å². The summed E-state index contributed by atoms with van der Waals surface area (Å²) in [6.45, 7) is 2.09. The molecule has 0 aliphatic rings. The predicted molar refractivity (Wildman–Crippen MR) is 81.1 cm³/mol. The van der Waals surface area contributed by atoms with E-state index in [-0.39, 0.29) is 0 Å². The Morgan fingerprint density at radius 1 is 0.900 bits per heavy atom. The fourth-order valence-electron chi connectivity index (χ4n) is 2.58. The van der Waals surface area contributed by atoms with Crippen LogP contribution in [-0.2, 0) is 0 Å². The smallest absolute Gasteiger partial charge is 0.142 e. The first-order valence-electron chi connectivity index (χ1n) is 6.62. The van der Waals surface area contributed by atoms with Crippen molar-refractivity contribution in [2.45, 2.75) is 6.92 Å². The molecule has 20 heavy (non-hydrogen) atoms. The summed E-state index contributed by atoms with van der Waals surface area (Å²) >= 11 is 0. The van der Waals surface area contributed by atoms with Gasteiger partial charge in [-0.05, 0) is 36.8 Å². The van der Waals surface area contributed by atoms with Crippen LogP contribution in [0.15, 0.2) is 60.9 Å². The van der Waals surface area contributed by atoms with Crippen molar-refractivity contribution in [1.82, 2.24) is 14.5 Å². The number of benzene rings is 2. The summed E-state index contributed by atoms with van der Waals surface area (Å²) in [5, 5.41) is 1.16. The number of aromatic nitrogens is 3. The van der Waals surface area contributed by atoms with E-state index in [1.165, 1.54) is 0 Å². The monoisotopic (exact) mass is 259 g/mol. The number of fused-ring (bicyclic) bond motifs is 2. The molecule has 0 bridgehead atoms. The van der Waals surface area contributed by atoms with Crippen LogP contribution in [0.4, 0.5) is 0 Å². The lowest BCUT2D eigenvalue weighted by Crippen LogP contribution is -1.99. The molecule has 0 aliphatic carbocycles. The summed E-state index contributed by atoms with van der Waals surface area (Å²) in [5.41, 5.74) is 4.22. The largest absolute Gasteiger partial charge is 0.283 e. The van der Waals surface area contributed by atoms with Crippen molar-refractivity contribution in [2.24, 2.45) is 0 Å². The maximum absolute atomic E-state index is 4.79. The second-order valence-corrected chi connectivity index (χ2v) is 4.92. The minimum absolute atomic E-state index is 0.942. The molecule has 0 saturated carbocycles. The zero-order valence-corrected chi connectivity index (χ0v) is 11.1. The van der Waals surface area contributed by atoms with Crippen molar-refractivity contribution in [3.8, 4) is 5.82 Å². The van der Waals surface area contributed by atoms with Gasteiger partial charge in [-0.3, -0.25) is 4.57 Å². The molecule has 0 spiro atoms. The molecule has 0 aliphatic heterocycles. The molecule has 2 aromatic heterocycles. The standard InChI is InChI=1S/C17H13N3/c1-12-10-13-6-2-3-7-14(13)19-17(12)20-11-18-15-8-4-5-9-16(15)20/h2-11H,1H3. The number of pyridine rings is 1. The molecule has 0 fully saturated rings. The minimum atomic E-state index is 0.942. The number of hydrogen-bond donors (Lipinski definition) is 0. The fourth-order valence-corrected chi connectivity index (χ4v) is 2.58. The number of rotatable bonds is 1. The second-order valence-electron chi connectivity index (χ2n) is 4.92. The second kappa shape index (κ2) is 4.17. The maximum atomic E-state index is 4.79. The lowest BCUT2D eigenvalue weighted by atomic mass is 10.1. The van der Waals surface area contributed by atoms with Crippen LogP contribution in [0, 0.1) is 6.92 Å². The lowest BCUT2D eigenvalue weighted by Gasteiger charge is -2.09. The van der Waals surface area contributed by atoms with Gasteiger partial charge in [-0.2, -0.15) is 0 Å². The van der Waals surface area contributed by atoms with Crippen molar-refractivity contribution < 1.29 is 0 Å². The van der Waals surface area contributed by atoms with Gasteiger partial charge in [0, 0.05) is 5.39 Å². The highest BCUT2D eigenvalue weighted by Crippen LogP contribution is 2.22. The van der Waals surface area contributed by atoms with Crippen molar-refractivity contribution in [3.05, 3.63) is 66.5 Å². The van der Waals surface area contributed by atoms with E-state index in [9.17, 15) is 0 Å². The summed E-state index contributed by atoms with van der Waals surface area (Å²) in [4.78, 5) is 9.23. The third-order valence-corrected chi connectivity index (χ3v) is 3.57. The van der Waals surface area contributed by atoms with Crippen LogP contribution in [0.5, 0.6) is 0 Å². The van der Waals surface area contributed by atoms with Gasteiger partial charge in [-0.25, -0.2) is 9.97 Å². The summed E-state index contributed by atoms with van der Waals surface area (Å²) < 4.78 is 2.05. The molecular weight excluding hydrogens is 246 g/mol.